The van der Waals surface area contributed by atoms with Crippen LogP contribution in [0.25, 0.3) is 0 Å². The fourth-order valence-corrected chi connectivity index (χ4v) is 1.40. The number of nitrogens with one attached hydrogen (secondary N) is 1. The van der Waals surface area contributed by atoms with E-state index in [-0.39, 0.29) is 12.5 Å². The lowest BCUT2D eigenvalue weighted by molar-refractivity contribution is 0.0946. The van der Waals surface area contributed by atoms with Crippen LogP contribution in [0.5, 0.6) is 0 Å². The highest BCUT2D eigenvalue weighted by Crippen LogP contribution is 2.13. The smallest absolute Gasteiger partial charge is 0.254 e. The van der Waals surface area contributed by atoms with E-state index in [2.05, 4.69) is 20.4 Å². The minimum atomic E-state index is -0.334. The zero-order chi connectivity index (χ0) is 12.3. The van der Waals surface area contributed by atoms with Gasteiger partial charge in [-0.1, -0.05) is 16.8 Å². The van der Waals surface area contributed by atoms with E-state index >= 15 is 0 Å². The minimum absolute atomic E-state index is 0.158. The van der Waals surface area contributed by atoms with Crippen molar-refractivity contribution < 1.29 is 9.32 Å². The van der Waals surface area contributed by atoms with E-state index in [4.69, 9.17) is 16.1 Å². The summed E-state index contributed by atoms with van der Waals surface area (Å²) in [5.41, 5.74) is 0.311. The van der Waals surface area contributed by atoms with Gasteiger partial charge in [-0.3, -0.25) is 9.78 Å². The van der Waals surface area contributed by atoms with Crippen LogP contribution in [0.15, 0.2) is 23.0 Å². The average molecular weight is 253 g/mol. The Bertz CT molecular complexity index is 541. The van der Waals surface area contributed by atoms with E-state index in [9.17, 15) is 4.79 Å². The molecule has 2 rings (SSSR count). The molecule has 0 aliphatic heterocycles. The van der Waals surface area contributed by atoms with Crippen LogP contribution in [0.3, 0.4) is 0 Å². The van der Waals surface area contributed by atoms with Gasteiger partial charge in [0.2, 0.25) is 5.89 Å². The summed E-state index contributed by atoms with van der Waals surface area (Å²) in [6, 6.07) is 1.55. The molecule has 2 heterocycles. The topological polar surface area (TPSA) is 80.9 Å². The summed E-state index contributed by atoms with van der Waals surface area (Å²) in [7, 11) is 0. The third kappa shape index (κ3) is 2.79. The molecule has 0 unspecified atom stereocenters. The molecule has 6 nitrogen and oxygen atoms in total. The summed E-state index contributed by atoms with van der Waals surface area (Å²) in [5.74, 6) is 0.531. The zero-order valence-corrected chi connectivity index (χ0v) is 9.73. The maximum absolute atomic E-state index is 11.7. The number of hydrogen-bond donors (Lipinski definition) is 1. The third-order valence-corrected chi connectivity index (χ3v) is 2.31. The van der Waals surface area contributed by atoms with Crippen molar-refractivity contribution in [3.05, 3.63) is 40.8 Å². The van der Waals surface area contributed by atoms with Gasteiger partial charge in [-0.15, -0.1) is 0 Å². The molecule has 2 aromatic rings. The first-order valence-electron chi connectivity index (χ1n) is 4.83. The number of halogens is 1. The number of amides is 1. The minimum Gasteiger partial charge on any atom is -0.343 e. The summed E-state index contributed by atoms with van der Waals surface area (Å²) in [4.78, 5) is 19.5. The van der Waals surface area contributed by atoms with Gasteiger partial charge in [0.1, 0.15) is 0 Å². The molecule has 0 spiro atoms. The Morgan fingerprint density at radius 1 is 1.59 bits per heavy atom. The van der Waals surface area contributed by atoms with Crippen LogP contribution < -0.4 is 5.32 Å². The summed E-state index contributed by atoms with van der Waals surface area (Å²) in [6.07, 6.45) is 2.91. The lowest BCUT2D eigenvalue weighted by Crippen LogP contribution is -2.23. The standard InChI is InChI=1S/C10H9ClN4O2/c1-6-14-9(17-15-6)5-13-10(16)7-4-12-3-2-8(7)11/h2-4H,5H2,1H3,(H,13,16). The predicted octanol–water partition coefficient (Wildman–Crippen LogP) is 1.36. The Morgan fingerprint density at radius 3 is 3.06 bits per heavy atom. The molecule has 1 amide bonds. The Labute approximate surface area is 102 Å². The molecule has 0 fully saturated rings. The molecule has 17 heavy (non-hydrogen) atoms. The molecule has 0 aliphatic carbocycles. The van der Waals surface area contributed by atoms with Gasteiger partial charge < -0.3 is 9.84 Å². The maximum atomic E-state index is 11.7. The molecule has 0 radical (unpaired) electrons. The van der Waals surface area contributed by atoms with Gasteiger partial charge in [0.25, 0.3) is 5.91 Å². The summed E-state index contributed by atoms with van der Waals surface area (Å²) in [5, 5.41) is 6.57. The molecule has 88 valence electrons. The van der Waals surface area contributed by atoms with Crippen molar-refractivity contribution in [3.63, 3.8) is 0 Å². The molecule has 0 aromatic carbocycles. The number of carbonyl (C=O) groups is 1. The van der Waals surface area contributed by atoms with Crippen LogP contribution in [0.4, 0.5) is 0 Å². The highest BCUT2D eigenvalue weighted by atomic mass is 35.5. The second-order valence-corrected chi connectivity index (χ2v) is 3.68. The van der Waals surface area contributed by atoms with Gasteiger partial charge in [0.15, 0.2) is 5.82 Å². The van der Waals surface area contributed by atoms with Gasteiger partial charge in [-0.2, -0.15) is 4.98 Å². The molecule has 7 heteroatoms. The second kappa shape index (κ2) is 4.92. The molecule has 0 aliphatic rings. The first kappa shape index (κ1) is 11.5. The molecular weight excluding hydrogens is 244 g/mol. The molecular formula is C10H9ClN4O2. The normalized spacial score (nSPS) is 10.2. The van der Waals surface area contributed by atoms with Crippen molar-refractivity contribution >= 4 is 17.5 Å². The largest absolute Gasteiger partial charge is 0.343 e. The fourth-order valence-electron chi connectivity index (χ4n) is 1.21. The number of carbonyl (C=O) groups excluding carboxylic acids is 1. The van der Waals surface area contributed by atoms with Crippen molar-refractivity contribution in [3.8, 4) is 0 Å². The molecule has 1 N–H and O–H groups in total. The Hall–Kier alpha value is -1.95. The van der Waals surface area contributed by atoms with E-state index in [0.29, 0.717) is 22.3 Å². The highest BCUT2D eigenvalue weighted by molar-refractivity contribution is 6.33. The van der Waals surface area contributed by atoms with Crippen LogP contribution in [0, 0.1) is 6.92 Å². The molecule has 0 bridgehead atoms. The van der Waals surface area contributed by atoms with E-state index in [1.165, 1.54) is 12.4 Å². The van der Waals surface area contributed by atoms with Crippen molar-refractivity contribution in [1.82, 2.24) is 20.4 Å². The van der Waals surface area contributed by atoms with Gasteiger partial charge in [-0.05, 0) is 13.0 Å². The Kier molecular flexibility index (Phi) is 3.34. The number of aromatic nitrogens is 3. The van der Waals surface area contributed by atoms with Gasteiger partial charge in [-0.25, -0.2) is 0 Å². The lowest BCUT2D eigenvalue weighted by atomic mass is 10.2. The third-order valence-electron chi connectivity index (χ3n) is 1.98. The van der Waals surface area contributed by atoms with Crippen molar-refractivity contribution in [2.24, 2.45) is 0 Å². The molecule has 0 saturated carbocycles. The summed E-state index contributed by atoms with van der Waals surface area (Å²) < 4.78 is 4.86. The quantitative estimate of drug-likeness (QED) is 0.892. The second-order valence-electron chi connectivity index (χ2n) is 3.27. The van der Waals surface area contributed by atoms with E-state index in [1.54, 1.807) is 13.0 Å². The Morgan fingerprint density at radius 2 is 2.41 bits per heavy atom. The monoisotopic (exact) mass is 252 g/mol. The van der Waals surface area contributed by atoms with Crippen molar-refractivity contribution in [1.29, 1.82) is 0 Å². The van der Waals surface area contributed by atoms with Crippen molar-refractivity contribution in [2.45, 2.75) is 13.5 Å². The Balaban J connectivity index is 2.01. The van der Waals surface area contributed by atoms with E-state index < -0.39 is 0 Å². The van der Waals surface area contributed by atoms with E-state index in [0.717, 1.165) is 0 Å². The van der Waals surface area contributed by atoms with Crippen LogP contribution in [0.1, 0.15) is 22.1 Å². The number of rotatable bonds is 3. The molecule has 2 aromatic heterocycles. The predicted molar refractivity (Wildman–Crippen MR) is 59.5 cm³/mol. The fraction of sp³-hybridized carbons (Fsp3) is 0.200. The van der Waals surface area contributed by atoms with Crippen molar-refractivity contribution in [2.75, 3.05) is 0 Å². The summed E-state index contributed by atoms with van der Waals surface area (Å²) >= 11 is 5.85. The van der Waals surface area contributed by atoms with Crippen LogP contribution in [-0.4, -0.2) is 21.0 Å². The van der Waals surface area contributed by atoms with Crippen LogP contribution in [0.2, 0.25) is 5.02 Å². The zero-order valence-electron chi connectivity index (χ0n) is 8.98. The van der Waals surface area contributed by atoms with Crippen LogP contribution >= 0.6 is 11.6 Å². The summed E-state index contributed by atoms with van der Waals surface area (Å²) in [6.45, 7) is 1.86. The van der Waals surface area contributed by atoms with Gasteiger partial charge in [0, 0.05) is 12.4 Å². The highest BCUT2D eigenvalue weighted by Gasteiger charge is 2.11. The number of nitrogens with zero attached hydrogens (tertiary/aromatic N) is 3. The maximum Gasteiger partial charge on any atom is 0.254 e. The number of aryl methyl sites for hydroxylation is 1. The lowest BCUT2D eigenvalue weighted by Gasteiger charge is -2.03. The molecule has 0 atom stereocenters. The molecule has 0 saturated heterocycles. The number of hydrogen-bond acceptors (Lipinski definition) is 5. The SMILES string of the molecule is Cc1noc(CNC(=O)c2cnccc2Cl)n1. The first-order chi connectivity index (χ1) is 8.16. The number of pyridine rings is 1. The average Bonchev–Trinajstić information content (AvgIpc) is 2.73. The first-order valence-corrected chi connectivity index (χ1v) is 5.21. The van der Waals surface area contributed by atoms with Crippen LogP contribution in [-0.2, 0) is 6.54 Å². The van der Waals surface area contributed by atoms with Gasteiger partial charge >= 0.3 is 0 Å². The van der Waals surface area contributed by atoms with Gasteiger partial charge in [0.05, 0.1) is 17.1 Å². The van der Waals surface area contributed by atoms with E-state index in [1.807, 2.05) is 0 Å².